The summed E-state index contributed by atoms with van der Waals surface area (Å²) in [5.41, 5.74) is -0.384. The number of hydrogen-bond acceptors (Lipinski definition) is 2. The third-order valence-corrected chi connectivity index (χ3v) is 3.86. The van der Waals surface area contributed by atoms with E-state index in [1.165, 1.54) is 0 Å². The molecule has 0 unspecified atom stereocenters. The smallest absolute Gasteiger partial charge is 0.165 e. The first-order valence-corrected chi connectivity index (χ1v) is 5.82. The van der Waals surface area contributed by atoms with E-state index in [-0.39, 0.29) is 5.60 Å². The summed E-state index contributed by atoms with van der Waals surface area (Å²) in [5, 5.41) is 0. The van der Waals surface area contributed by atoms with Crippen LogP contribution in [0.4, 0.5) is 0 Å². The van der Waals surface area contributed by atoms with Crippen molar-refractivity contribution in [1.82, 2.24) is 0 Å². The fraction of sp³-hybridized carbons (Fsp3) is 0.917. The van der Waals surface area contributed by atoms with Gasteiger partial charge in [0.1, 0.15) is 5.60 Å². The van der Waals surface area contributed by atoms with Crippen LogP contribution in [-0.2, 0) is 9.53 Å². The molecule has 0 aromatic carbocycles. The minimum absolute atomic E-state index is 0.364. The first-order chi connectivity index (χ1) is 6.65. The molecule has 1 spiro atoms. The molecule has 2 nitrogen and oxygen atoms in total. The number of Topliss-reactive ketones (excluding diaryl/α,β-unsaturated/α-hetero) is 1. The molecule has 0 amide bonds. The van der Waals surface area contributed by atoms with E-state index in [9.17, 15) is 4.79 Å². The van der Waals surface area contributed by atoms with Crippen molar-refractivity contribution in [2.45, 2.75) is 51.6 Å². The summed E-state index contributed by atoms with van der Waals surface area (Å²) in [6.45, 7) is 5.13. The van der Waals surface area contributed by atoms with Gasteiger partial charge in [-0.15, -0.1) is 0 Å². The summed E-state index contributed by atoms with van der Waals surface area (Å²) < 4.78 is 5.83. The van der Waals surface area contributed by atoms with Gasteiger partial charge in [0.15, 0.2) is 5.78 Å². The van der Waals surface area contributed by atoms with Gasteiger partial charge in [0.2, 0.25) is 0 Å². The zero-order chi connectivity index (χ0) is 10.2. The van der Waals surface area contributed by atoms with E-state index in [2.05, 4.69) is 13.8 Å². The van der Waals surface area contributed by atoms with Crippen LogP contribution in [0, 0.1) is 11.8 Å². The average molecular weight is 196 g/mol. The molecule has 0 aromatic rings. The lowest BCUT2D eigenvalue weighted by molar-refractivity contribution is -0.169. The fourth-order valence-electron chi connectivity index (χ4n) is 3.07. The standard InChI is InChI=1S/C12H20O2/c1-9-7-10(2)12(11(13)8-9)5-3-4-6-14-12/h9-10H,3-8H2,1-2H3/t9-,10+,12-/m0/s1. The maximum Gasteiger partial charge on any atom is 0.165 e. The topological polar surface area (TPSA) is 26.3 Å². The summed E-state index contributed by atoms with van der Waals surface area (Å²) in [5.74, 6) is 1.33. The zero-order valence-electron chi connectivity index (χ0n) is 9.21. The monoisotopic (exact) mass is 196 g/mol. The van der Waals surface area contributed by atoms with Gasteiger partial charge in [0.05, 0.1) is 0 Å². The lowest BCUT2D eigenvalue weighted by atomic mass is 9.68. The van der Waals surface area contributed by atoms with Gasteiger partial charge in [-0.1, -0.05) is 13.8 Å². The number of ketones is 1. The molecule has 80 valence electrons. The van der Waals surface area contributed by atoms with Crippen LogP contribution in [0.25, 0.3) is 0 Å². The molecule has 1 aliphatic carbocycles. The van der Waals surface area contributed by atoms with Crippen molar-refractivity contribution < 1.29 is 9.53 Å². The maximum atomic E-state index is 12.1. The van der Waals surface area contributed by atoms with E-state index in [4.69, 9.17) is 4.74 Å². The van der Waals surface area contributed by atoms with E-state index in [1.807, 2.05) is 0 Å². The Bertz CT molecular complexity index is 228. The van der Waals surface area contributed by atoms with Crippen LogP contribution in [-0.4, -0.2) is 18.0 Å². The second kappa shape index (κ2) is 3.65. The van der Waals surface area contributed by atoms with Crippen molar-refractivity contribution >= 4 is 5.78 Å². The predicted molar refractivity (Wildman–Crippen MR) is 55.1 cm³/mol. The van der Waals surface area contributed by atoms with Gasteiger partial charge in [0.25, 0.3) is 0 Å². The first kappa shape index (κ1) is 10.2. The molecule has 14 heavy (non-hydrogen) atoms. The van der Waals surface area contributed by atoms with Crippen LogP contribution in [0.5, 0.6) is 0 Å². The van der Waals surface area contributed by atoms with Gasteiger partial charge in [-0.3, -0.25) is 4.79 Å². The van der Waals surface area contributed by atoms with Gasteiger partial charge in [-0.25, -0.2) is 0 Å². The molecule has 1 saturated heterocycles. The highest BCUT2D eigenvalue weighted by molar-refractivity contribution is 5.88. The van der Waals surface area contributed by atoms with Gasteiger partial charge < -0.3 is 4.74 Å². The number of carbonyl (C=O) groups is 1. The third-order valence-electron chi connectivity index (χ3n) is 3.86. The summed E-state index contributed by atoms with van der Waals surface area (Å²) in [6.07, 6.45) is 5.11. The van der Waals surface area contributed by atoms with E-state index in [1.54, 1.807) is 0 Å². The van der Waals surface area contributed by atoms with E-state index >= 15 is 0 Å². The normalized spacial score (nSPS) is 44.3. The molecule has 0 radical (unpaired) electrons. The Kier molecular flexibility index (Phi) is 2.65. The van der Waals surface area contributed by atoms with Crippen molar-refractivity contribution in [3.8, 4) is 0 Å². The number of hydrogen-bond donors (Lipinski definition) is 0. The molecule has 0 bridgehead atoms. The first-order valence-electron chi connectivity index (χ1n) is 5.82. The highest BCUT2D eigenvalue weighted by Crippen LogP contribution is 2.42. The Morgan fingerprint density at radius 3 is 2.71 bits per heavy atom. The molecule has 2 heteroatoms. The average Bonchev–Trinajstić information content (AvgIpc) is 2.16. The highest BCUT2D eigenvalue weighted by Gasteiger charge is 2.48. The summed E-state index contributed by atoms with van der Waals surface area (Å²) >= 11 is 0. The lowest BCUT2D eigenvalue weighted by Crippen LogP contribution is -2.53. The van der Waals surface area contributed by atoms with Crippen molar-refractivity contribution in [3.63, 3.8) is 0 Å². The summed E-state index contributed by atoms with van der Waals surface area (Å²) in [6, 6.07) is 0. The third kappa shape index (κ3) is 1.50. The van der Waals surface area contributed by atoms with Crippen LogP contribution in [0.3, 0.4) is 0 Å². The lowest BCUT2D eigenvalue weighted by Gasteiger charge is -2.45. The SMILES string of the molecule is C[C@@H]1CC(=O)[C@]2(CCCCO2)[C@H](C)C1. The number of rotatable bonds is 0. The van der Waals surface area contributed by atoms with E-state index < -0.39 is 0 Å². The van der Waals surface area contributed by atoms with Gasteiger partial charge in [0, 0.05) is 13.0 Å². The van der Waals surface area contributed by atoms with E-state index in [0.29, 0.717) is 17.6 Å². The molecular weight excluding hydrogens is 176 g/mol. The van der Waals surface area contributed by atoms with Crippen molar-refractivity contribution in [1.29, 1.82) is 0 Å². The fourth-order valence-corrected chi connectivity index (χ4v) is 3.07. The minimum Gasteiger partial charge on any atom is -0.367 e. The Morgan fingerprint density at radius 2 is 2.14 bits per heavy atom. The molecule has 1 heterocycles. The zero-order valence-corrected chi connectivity index (χ0v) is 9.21. The highest BCUT2D eigenvalue weighted by atomic mass is 16.5. The second-order valence-electron chi connectivity index (χ2n) is 5.06. The second-order valence-corrected chi connectivity index (χ2v) is 5.06. The molecule has 0 N–H and O–H groups in total. The molecule has 2 aliphatic rings. The molecule has 1 aliphatic heterocycles. The molecule has 2 fully saturated rings. The Balaban J connectivity index is 2.18. The quantitative estimate of drug-likeness (QED) is 0.595. The van der Waals surface area contributed by atoms with Gasteiger partial charge in [-0.2, -0.15) is 0 Å². The maximum absolute atomic E-state index is 12.1. The van der Waals surface area contributed by atoms with Crippen molar-refractivity contribution in [2.75, 3.05) is 6.61 Å². The Hall–Kier alpha value is -0.370. The largest absolute Gasteiger partial charge is 0.367 e. The summed E-state index contributed by atoms with van der Waals surface area (Å²) in [7, 11) is 0. The van der Waals surface area contributed by atoms with Crippen LogP contribution >= 0.6 is 0 Å². The molecule has 2 rings (SSSR count). The van der Waals surface area contributed by atoms with Crippen LogP contribution in [0.15, 0.2) is 0 Å². The van der Waals surface area contributed by atoms with Crippen molar-refractivity contribution in [2.24, 2.45) is 11.8 Å². The van der Waals surface area contributed by atoms with Crippen molar-refractivity contribution in [3.05, 3.63) is 0 Å². The van der Waals surface area contributed by atoms with Crippen LogP contribution in [0.2, 0.25) is 0 Å². The number of carbonyl (C=O) groups excluding carboxylic acids is 1. The van der Waals surface area contributed by atoms with Gasteiger partial charge in [-0.05, 0) is 37.5 Å². The van der Waals surface area contributed by atoms with Crippen LogP contribution < -0.4 is 0 Å². The molecular formula is C12H20O2. The van der Waals surface area contributed by atoms with Crippen LogP contribution in [0.1, 0.15) is 46.0 Å². The number of ether oxygens (including phenoxy) is 1. The molecule has 0 aromatic heterocycles. The molecule has 3 atom stereocenters. The predicted octanol–water partition coefficient (Wildman–Crippen LogP) is 2.56. The Morgan fingerprint density at radius 1 is 1.36 bits per heavy atom. The minimum atomic E-state index is -0.384. The molecule has 1 saturated carbocycles. The van der Waals surface area contributed by atoms with E-state index in [0.717, 1.165) is 38.7 Å². The summed E-state index contributed by atoms with van der Waals surface area (Å²) in [4.78, 5) is 12.1. The van der Waals surface area contributed by atoms with Gasteiger partial charge >= 0.3 is 0 Å². The Labute approximate surface area is 86.0 Å².